The van der Waals surface area contributed by atoms with Gasteiger partial charge in [0.15, 0.2) is 0 Å². The van der Waals surface area contributed by atoms with Gasteiger partial charge in [-0.2, -0.15) is 0 Å². The van der Waals surface area contributed by atoms with Crippen LogP contribution in [0.15, 0.2) is 24.3 Å². The molecule has 118 valence electrons. The van der Waals surface area contributed by atoms with Crippen LogP contribution in [0, 0.1) is 0 Å². The van der Waals surface area contributed by atoms with Crippen molar-refractivity contribution in [1.29, 1.82) is 0 Å². The quantitative estimate of drug-likeness (QED) is 0.891. The van der Waals surface area contributed by atoms with Crippen LogP contribution in [0.4, 0.5) is 5.69 Å². The monoisotopic (exact) mass is 352 g/mol. The van der Waals surface area contributed by atoms with Crippen LogP contribution in [0.3, 0.4) is 0 Å². The van der Waals surface area contributed by atoms with E-state index >= 15 is 0 Å². The van der Waals surface area contributed by atoms with Crippen LogP contribution in [0.1, 0.15) is 6.42 Å². The number of halogens is 2. The minimum atomic E-state index is -2.99. The van der Waals surface area contributed by atoms with Crippen molar-refractivity contribution in [2.24, 2.45) is 0 Å². The molecule has 1 amide bonds. The minimum absolute atomic E-state index is 0. The molecule has 1 aliphatic heterocycles. The summed E-state index contributed by atoms with van der Waals surface area (Å²) < 4.78 is 22.4. The predicted octanol–water partition coefficient (Wildman–Crippen LogP) is 1.50. The standard InChI is InChI=1S/C13H17ClN2O3S.ClH/c1-20(18,19)6-5-11-9-16(13(17)8-15-11)12-4-2-3-10(14)7-12;/h2-4,7,11,15H,5-6,8-9H2,1H3;1H/t11-;/m0./s1. The molecule has 1 aromatic rings. The molecule has 21 heavy (non-hydrogen) atoms. The first-order chi connectivity index (χ1) is 9.35. The molecule has 1 aromatic carbocycles. The molecule has 0 aliphatic carbocycles. The van der Waals surface area contributed by atoms with E-state index in [9.17, 15) is 13.2 Å². The van der Waals surface area contributed by atoms with Crippen molar-refractivity contribution in [3.05, 3.63) is 29.3 Å². The Kier molecular flexibility index (Phi) is 6.46. The van der Waals surface area contributed by atoms with Crippen molar-refractivity contribution < 1.29 is 13.2 Å². The topological polar surface area (TPSA) is 66.5 Å². The fraction of sp³-hybridized carbons (Fsp3) is 0.462. The Hall–Kier alpha value is -0.820. The number of hydrogen-bond donors (Lipinski definition) is 1. The molecule has 5 nitrogen and oxygen atoms in total. The van der Waals surface area contributed by atoms with Crippen molar-refractivity contribution in [3.63, 3.8) is 0 Å². The fourth-order valence-corrected chi connectivity index (χ4v) is 3.05. The number of carbonyl (C=O) groups excluding carboxylic acids is 1. The minimum Gasteiger partial charge on any atom is -0.310 e. The normalized spacial score (nSPS) is 19.2. The average molecular weight is 353 g/mol. The molecule has 1 fully saturated rings. The number of nitrogens with zero attached hydrogens (tertiary/aromatic N) is 1. The van der Waals surface area contributed by atoms with E-state index in [-0.39, 0.29) is 36.7 Å². The van der Waals surface area contributed by atoms with Crippen LogP contribution in [0.2, 0.25) is 5.02 Å². The van der Waals surface area contributed by atoms with Gasteiger partial charge in [-0.05, 0) is 24.6 Å². The maximum absolute atomic E-state index is 12.0. The summed E-state index contributed by atoms with van der Waals surface area (Å²) in [6, 6.07) is 7.07. The molecular weight excluding hydrogens is 335 g/mol. The molecule has 0 aromatic heterocycles. The molecule has 0 bridgehead atoms. The third-order valence-electron chi connectivity index (χ3n) is 3.20. The lowest BCUT2D eigenvalue weighted by molar-refractivity contribution is -0.119. The Balaban J connectivity index is 0.00000220. The lowest BCUT2D eigenvalue weighted by Crippen LogP contribution is -2.54. The SMILES string of the molecule is CS(=O)(=O)CC[C@H]1CN(c2cccc(Cl)c2)C(=O)CN1.Cl. The third-order valence-corrected chi connectivity index (χ3v) is 4.42. The van der Waals surface area contributed by atoms with E-state index in [2.05, 4.69) is 5.32 Å². The van der Waals surface area contributed by atoms with Gasteiger partial charge >= 0.3 is 0 Å². The summed E-state index contributed by atoms with van der Waals surface area (Å²) in [5.74, 6) is 0.0743. The first-order valence-electron chi connectivity index (χ1n) is 6.32. The molecule has 0 saturated carbocycles. The van der Waals surface area contributed by atoms with Crippen molar-refractivity contribution in [2.45, 2.75) is 12.5 Å². The highest BCUT2D eigenvalue weighted by Gasteiger charge is 2.26. The molecule has 1 saturated heterocycles. The number of carbonyl (C=O) groups is 1. The number of anilines is 1. The highest BCUT2D eigenvalue weighted by molar-refractivity contribution is 7.90. The molecule has 0 spiro atoms. The molecule has 1 aliphatic rings. The van der Waals surface area contributed by atoms with Gasteiger partial charge in [0.1, 0.15) is 9.84 Å². The van der Waals surface area contributed by atoms with Gasteiger partial charge in [-0.15, -0.1) is 12.4 Å². The van der Waals surface area contributed by atoms with Crippen molar-refractivity contribution in [1.82, 2.24) is 5.32 Å². The lowest BCUT2D eigenvalue weighted by Gasteiger charge is -2.33. The molecule has 1 heterocycles. The maximum Gasteiger partial charge on any atom is 0.240 e. The van der Waals surface area contributed by atoms with Crippen LogP contribution in [-0.4, -0.2) is 45.5 Å². The van der Waals surface area contributed by atoms with Gasteiger partial charge in [-0.25, -0.2) is 8.42 Å². The Bertz CT molecular complexity index is 607. The molecular formula is C13H18Cl2N2O3S. The molecule has 0 unspecified atom stereocenters. The molecule has 8 heteroatoms. The smallest absolute Gasteiger partial charge is 0.240 e. The summed E-state index contributed by atoms with van der Waals surface area (Å²) in [6.07, 6.45) is 1.71. The number of piperazine rings is 1. The number of hydrogen-bond acceptors (Lipinski definition) is 4. The average Bonchev–Trinajstić information content (AvgIpc) is 2.37. The number of amides is 1. The second-order valence-electron chi connectivity index (χ2n) is 4.98. The third kappa shape index (κ3) is 5.47. The number of sulfone groups is 1. The number of benzene rings is 1. The van der Waals surface area contributed by atoms with Crippen LogP contribution < -0.4 is 10.2 Å². The highest BCUT2D eigenvalue weighted by atomic mass is 35.5. The van der Waals surface area contributed by atoms with E-state index in [4.69, 9.17) is 11.6 Å². The number of nitrogens with one attached hydrogen (secondary N) is 1. The van der Waals surface area contributed by atoms with Gasteiger partial charge in [-0.1, -0.05) is 17.7 Å². The van der Waals surface area contributed by atoms with E-state index in [0.717, 1.165) is 5.69 Å². The van der Waals surface area contributed by atoms with Crippen LogP contribution in [0.25, 0.3) is 0 Å². The summed E-state index contributed by atoms with van der Waals surface area (Å²) in [6.45, 7) is 0.662. The second kappa shape index (κ2) is 7.45. The van der Waals surface area contributed by atoms with E-state index in [0.29, 0.717) is 18.0 Å². The fourth-order valence-electron chi connectivity index (χ4n) is 2.16. The van der Waals surface area contributed by atoms with Gasteiger partial charge in [0.25, 0.3) is 0 Å². The summed E-state index contributed by atoms with van der Waals surface area (Å²) in [7, 11) is -2.99. The Morgan fingerprint density at radius 1 is 1.43 bits per heavy atom. The van der Waals surface area contributed by atoms with Gasteiger partial charge in [-0.3, -0.25) is 4.79 Å². The molecule has 1 N–H and O–H groups in total. The zero-order chi connectivity index (χ0) is 14.8. The van der Waals surface area contributed by atoms with E-state index < -0.39 is 9.84 Å². The van der Waals surface area contributed by atoms with Gasteiger partial charge in [0.05, 0.1) is 12.3 Å². The lowest BCUT2D eigenvalue weighted by atomic mass is 10.1. The van der Waals surface area contributed by atoms with E-state index in [1.807, 2.05) is 6.07 Å². The largest absolute Gasteiger partial charge is 0.310 e. The summed E-state index contributed by atoms with van der Waals surface area (Å²) >= 11 is 5.94. The van der Waals surface area contributed by atoms with Gasteiger partial charge < -0.3 is 10.2 Å². The van der Waals surface area contributed by atoms with Crippen LogP contribution >= 0.6 is 24.0 Å². The number of rotatable bonds is 4. The maximum atomic E-state index is 12.0. The summed E-state index contributed by atoms with van der Waals surface area (Å²) in [5, 5.41) is 3.64. The van der Waals surface area contributed by atoms with E-state index in [1.165, 1.54) is 6.26 Å². The Labute approximate surface area is 136 Å². The first kappa shape index (κ1) is 18.2. The van der Waals surface area contributed by atoms with Gasteiger partial charge in [0.2, 0.25) is 5.91 Å². The molecule has 2 rings (SSSR count). The first-order valence-corrected chi connectivity index (χ1v) is 8.76. The molecule has 1 atom stereocenters. The van der Waals surface area contributed by atoms with Crippen molar-refractivity contribution in [2.75, 3.05) is 30.0 Å². The zero-order valence-electron chi connectivity index (χ0n) is 11.6. The Morgan fingerprint density at radius 3 is 2.76 bits per heavy atom. The second-order valence-corrected chi connectivity index (χ2v) is 7.68. The molecule has 0 radical (unpaired) electrons. The predicted molar refractivity (Wildman–Crippen MR) is 87.2 cm³/mol. The summed E-state index contributed by atoms with van der Waals surface area (Å²) in [4.78, 5) is 13.6. The van der Waals surface area contributed by atoms with Crippen molar-refractivity contribution in [3.8, 4) is 0 Å². The van der Waals surface area contributed by atoms with Crippen LogP contribution in [-0.2, 0) is 14.6 Å². The summed E-state index contributed by atoms with van der Waals surface area (Å²) in [5.41, 5.74) is 0.744. The van der Waals surface area contributed by atoms with E-state index in [1.54, 1.807) is 23.1 Å². The van der Waals surface area contributed by atoms with Crippen molar-refractivity contribution >= 4 is 45.4 Å². The van der Waals surface area contributed by atoms with Gasteiger partial charge in [0, 0.05) is 29.6 Å². The highest BCUT2D eigenvalue weighted by Crippen LogP contribution is 2.21. The zero-order valence-corrected chi connectivity index (χ0v) is 14.0. The van der Waals surface area contributed by atoms with Crippen LogP contribution in [0.5, 0.6) is 0 Å². The Morgan fingerprint density at radius 2 is 2.14 bits per heavy atom.